The van der Waals surface area contributed by atoms with E-state index >= 15 is 0 Å². The van der Waals surface area contributed by atoms with Gasteiger partial charge in [-0.25, -0.2) is 0 Å². The highest BCUT2D eigenvalue weighted by atomic mass is 35.5. The second-order valence-electron chi connectivity index (χ2n) is 6.10. The molecular weight excluding hydrogens is 338 g/mol. The summed E-state index contributed by atoms with van der Waals surface area (Å²) in [6, 6.07) is 3.14. The molecule has 0 aromatic heterocycles. The summed E-state index contributed by atoms with van der Waals surface area (Å²) in [7, 11) is 0. The third-order valence-corrected chi connectivity index (χ3v) is 4.79. The minimum atomic E-state index is -0.635. The maximum Gasteiger partial charge on any atom is 0.224 e. The van der Waals surface area contributed by atoms with Crippen LogP contribution in [0.4, 0.5) is 0 Å². The van der Waals surface area contributed by atoms with Gasteiger partial charge in [-0.1, -0.05) is 11.6 Å². The summed E-state index contributed by atoms with van der Waals surface area (Å²) in [4.78, 5) is 12.3. The molecular formula is C16H18ClNO6. The summed E-state index contributed by atoms with van der Waals surface area (Å²) >= 11 is 6.23. The molecule has 0 radical (unpaired) electrons. The van der Waals surface area contributed by atoms with Gasteiger partial charge < -0.3 is 29.4 Å². The monoisotopic (exact) mass is 355 g/mol. The predicted molar refractivity (Wildman–Crippen MR) is 83.6 cm³/mol. The van der Waals surface area contributed by atoms with Crippen LogP contribution >= 0.6 is 11.6 Å². The number of aliphatic hydroxyl groups is 1. The van der Waals surface area contributed by atoms with Crippen molar-refractivity contribution in [1.82, 2.24) is 5.32 Å². The molecule has 3 heterocycles. The Morgan fingerprint density at radius 3 is 2.67 bits per heavy atom. The van der Waals surface area contributed by atoms with Gasteiger partial charge in [0, 0.05) is 11.1 Å². The average Bonchev–Trinajstić information content (AvgIpc) is 3.12. The number of hydrogen-bond donors (Lipinski definition) is 2. The fourth-order valence-corrected chi connectivity index (χ4v) is 3.50. The molecule has 3 aliphatic heterocycles. The molecule has 8 heteroatoms. The van der Waals surface area contributed by atoms with Gasteiger partial charge in [0.1, 0.15) is 31.5 Å². The first kappa shape index (κ1) is 16.0. The first-order valence-electron chi connectivity index (χ1n) is 7.90. The summed E-state index contributed by atoms with van der Waals surface area (Å²) in [5, 5.41) is 13.1. The Morgan fingerprint density at radius 1 is 1.17 bits per heavy atom. The Kier molecular flexibility index (Phi) is 4.26. The lowest BCUT2D eigenvalue weighted by Gasteiger charge is -2.20. The van der Waals surface area contributed by atoms with E-state index in [1.165, 1.54) is 0 Å². The molecule has 0 aliphatic carbocycles. The highest BCUT2D eigenvalue weighted by molar-refractivity contribution is 6.31. The van der Waals surface area contributed by atoms with Crippen LogP contribution in [0.1, 0.15) is 5.56 Å². The van der Waals surface area contributed by atoms with Crippen LogP contribution in [0.25, 0.3) is 0 Å². The number of halogens is 1. The van der Waals surface area contributed by atoms with E-state index in [0.717, 1.165) is 0 Å². The number of fused-ring (bicyclic) bond motifs is 2. The van der Waals surface area contributed by atoms with Crippen LogP contribution in [0.15, 0.2) is 12.1 Å². The van der Waals surface area contributed by atoms with Crippen LogP contribution in [-0.2, 0) is 20.7 Å². The average molecular weight is 356 g/mol. The van der Waals surface area contributed by atoms with Crippen LogP contribution in [0.2, 0.25) is 5.02 Å². The zero-order valence-corrected chi connectivity index (χ0v) is 13.6. The summed E-state index contributed by atoms with van der Waals surface area (Å²) in [5.74, 6) is 1.00. The molecule has 1 aromatic rings. The number of aliphatic hydroxyl groups excluding tert-OH is 1. The Balaban J connectivity index is 1.41. The molecule has 7 nitrogen and oxygen atoms in total. The third-order valence-electron chi connectivity index (χ3n) is 4.44. The lowest BCUT2D eigenvalue weighted by Crippen LogP contribution is -2.44. The zero-order valence-electron chi connectivity index (χ0n) is 12.9. The van der Waals surface area contributed by atoms with Crippen LogP contribution in [0.3, 0.4) is 0 Å². The quantitative estimate of drug-likeness (QED) is 0.811. The van der Waals surface area contributed by atoms with Gasteiger partial charge in [-0.05, 0) is 11.6 Å². The first-order valence-corrected chi connectivity index (χ1v) is 8.28. The molecule has 130 valence electrons. The van der Waals surface area contributed by atoms with Gasteiger partial charge in [0.25, 0.3) is 0 Å². The number of ether oxygens (including phenoxy) is 4. The smallest absolute Gasteiger partial charge is 0.224 e. The van der Waals surface area contributed by atoms with Crippen molar-refractivity contribution in [1.29, 1.82) is 0 Å². The Labute approximate surface area is 143 Å². The van der Waals surface area contributed by atoms with E-state index in [1.54, 1.807) is 12.1 Å². The minimum Gasteiger partial charge on any atom is -0.486 e. The Morgan fingerprint density at radius 2 is 1.88 bits per heavy atom. The van der Waals surface area contributed by atoms with Gasteiger partial charge >= 0.3 is 0 Å². The number of carbonyl (C=O) groups is 1. The van der Waals surface area contributed by atoms with Crippen molar-refractivity contribution in [3.8, 4) is 11.5 Å². The van der Waals surface area contributed by atoms with Gasteiger partial charge in [-0.3, -0.25) is 4.79 Å². The van der Waals surface area contributed by atoms with Crippen molar-refractivity contribution in [2.75, 3.05) is 26.4 Å². The highest BCUT2D eigenvalue weighted by Crippen LogP contribution is 2.35. The summed E-state index contributed by atoms with van der Waals surface area (Å²) < 4.78 is 22.0. The number of benzene rings is 1. The van der Waals surface area contributed by atoms with E-state index in [4.69, 9.17) is 30.5 Å². The second kappa shape index (κ2) is 6.40. The number of amides is 1. The maximum absolute atomic E-state index is 12.3. The molecule has 0 spiro atoms. The minimum absolute atomic E-state index is 0.117. The first-order chi connectivity index (χ1) is 11.6. The molecule has 4 atom stereocenters. The van der Waals surface area contributed by atoms with Crippen molar-refractivity contribution in [3.05, 3.63) is 22.7 Å². The standard InChI is InChI=1S/C16H18ClNO6/c17-9-5-13-12(21-1-2-22-13)3-8(9)4-14(20)18-10-6-23-16-11(19)7-24-15(10)16/h3,5,10-11,15-16,19H,1-2,4,6-7H2,(H,18,20)/t10-,11-,15-,16-/m1/s1. The third kappa shape index (κ3) is 2.93. The summed E-state index contributed by atoms with van der Waals surface area (Å²) in [5.41, 5.74) is 0.668. The van der Waals surface area contributed by atoms with Crippen molar-refractivity contribution < 1.29 is 28.8 Å². The molecule has 4 rings (SSSR count). The number of hydrogen-bond acceptors (Lipinski definition) is 6. The van der Waals surface area contributed by atoms with Gasteiger partial charge in [-0.15, -0.1) is 0 Å². The summed E-state index contributed by atoms with van der Waals surface area (Å²) in [6.07, 6.45) is -1.19. The van der Waals surface area contributed by atoms with Crippen molar-refractivity contribution in [2.45, 2.75) is 30.8 Å². The van der Waals surface area contributed by atoms with Gasteiger partial charge in [0.2, 0.25) is 5.91 Å². The van der Waals surface area contributed by atoms with Crippen LogP contribution < -0.4 is 14.8 Å². The topological polar surface area (TPSA) is 86.3 Å². The molecule has 3 aliphatic rings. The molecule has 2 saturated heterocycles. The normalized spacial score (nSPS) is 30.9. The van der Waals surface area contributed by atoms with E-state index in [0.29, 0.717) is 41.9 Å². The lowest BCUT2D eigenvalue weighted by atomic mass is 10.1. The lowest BCUT2D eigenvalue weighted by molar-refractivity contribution is -0.121. The van der Waals surface area contributed by atoms with Gasteiger partial charge in [-0.2, -0.15) is 0 Å². The van der Waals surface area contributed by atoms with Crippen molar-refractivity contribution in [2.24, 2.45) is 0 Å². The SMILES string of the molecule is O=C(Cc1cc2c(cc1Cl)OCCO2)N[C@@H]1CO[C@H]2[C@@H]1OC[C@H]2O. The predicted octanol–water partition coefficient (Wildman–Crippen LogP) is 0.297. The molecule has 24 heavy (non-hydrogen) atoms. The largest absolute Gasteiger partial charge is 0.486 e. The second-order valence-corrected chi connectivity index (χ2v) is 6.51. The fourth-order valence-electron chi connectivity index (χ4n) is 3.28. The Bertz CT molecular complexity index is 654. The maximum atomic E-state index is 12.3. The molecule has 1 amide bonds. The van der Waals surface area contributed by atoms with Crippen LogP contribution in [0, 0.1) is 0 Å². The number of nitrogens with one attached hydrogen (secondary N) is 1. The molecule has 2 fully saturated rings. The number of carbonyl (C=O) groups excluding carboxylic acids is 1. The number of rotatable bonds is 3. The molecule has 0 saturated carbocycles. The zero-order chi connectivity index (χ0) is 16.7. The van der Waals surface area contributed by atoms with E-state index in [-0.39, 0.29) is 37.2 Å². The van der Waals surface area contributed by atoms with E-state index in [2.05, 4.69) is 5.32 Å². The van der Waals surface area contributed by atoms with Crippen LogP contribution in [-0.4, -0.2) is 61.8 Å². The van der Waals surface area contributed by atoms with Crippen LogP contribution in [0.5, 0.6) is 11.5 Å². The van der Waals surface area contributed by atoms with E-state index in [1.807, 2.05) is 0 Å². The summed E-state index contributed by atoms with van der Waals surface area (Å²) in [6.45, 7) is 1.52. The van der Waals surface area contributed by atoms with Gasteiger partial charge in [0.05, 0.1) is 25.7 Å². The highest BCUT2D eigenvalue weighted by Gasteiger charge is 2.47. The van der Waals surface area contributed by atoms with E-state index in [9.17, 15) is 9.90 Å². The van der Waals surface area contributed by atoms with E-state index < -0.39 is 6.10 Å². The van der Waals surface area contributed by atoms with Crippen molar-refractivity contribution in [3.63, 3.8) is 0 Å². The van der Waals surface area contributed by atoms with Gasteiger partial charge in [0.15, 0.2) is 11.5 Å². The Hall–Kier alpha value is -1.54. The molecule has 0 bridgehead atoms. The molecule has 0 unspecified atom stereocenters. The molecule has 1 aromatic carbocycles. The fraction of sp³-hybridized carbons (Fsp3) is 0.562. The molecule has 2 N–H and O–H groups in total. The van der Waals surface area contributed by atoms with Crippen molar-refractivity contribution >= 4 is 17.5 Å².